The van der Waals surface area contributed by atoms with Crippen LogP contribution >= 0.6 is 11.8 Å². The molecule has 1 aromatic carbocycles. The van der Waals surface area contributed by atoms with Gasteiger partial charge in [0.25, 0.3) is 0 Å². The average Bonchev–Trinajstić information content (AvgIpc) is 2.83. The minimum absolute atomic E-state index is 0.0898. The number of aromatic nitrogens is 3. The number of anilines is 1. The number of thioether (sulfide) groups is 1. The molecule has 4 nitrogen and oxygen atoms in total. The third-order valence-corrected chi connectivity index (χ3v) is 3.58. The first-order chi connectivity index (χ1) is 9.94. The lowest BCUT2D eigenvalue weighted by atomic mass is 10.1. The van der Waals surface area contributed by atoms with Crippen LogP contribution in [-0.4, -0.2) is 20.1 Å². The number of benzene rings is 1. The molecule has 0 amide bonds. The molecule has 0 bridgehead atoms. The number of alkyl halides is 3. The van der Waals surface area contributed by atoms with E-state index in [1.54, 1.807) is 30.3 Å². The first-order valence-electron chi connectivity index (χ1n) is 5.89. The molecule has 2 N–H and O–H groups in total. The van der Waals surface area contributed by atoms with Crippen molar-refractivity contribution in [2.45, 2.75) is 10.4 Å². The molecule has 0 saturated heterocycles. The Kier molecular flexibility index (Phi) is 3.25. The van der Waals surface area contributed by atoms with Crippen LogP contribution in [0.2, 0.25) is 0 Å². The highest BCUT2D eigenvalue weighted by Gasteiger charge is 2.30. The fourth-order valence-corrected chi connectivity index (χ4v) is 2.62. The molecule has 2 heterocycles. The van der Waals surface area contributed by atoms with E-state index < -0.39 is 5.51 Å². The molecule has 0 fully saturated rings. The van der Waals surface area contributed by atoms with Crippen LogP contribution in [0, 0.1) is 0 Å². The largest absolute Gasteiger partial charge is 0.446 e. The summed E-state index contributed by atoms with van der Waals surface area (Å²) < 4.78 is 39.2. The van der Waals surface area contributed by atoms with Crippen molar-refractivity contribution in [3.05, 3.63) is 42.6 Å². The fraction of sp³-hybridized carbons (Fsp3) is 0.0769. The number of fused-ring (bicyclic) bond motifs is 1. The maximum Gasteiger partial charge on any atom is 0.446 e. The van der Waals surface area contributed by atoms with Gasteiger partial charge >= 0.3 is 5.51 Å². The lowest BCUT2D eigenvalue weighted by Gasteiger charge is -2.09. The fourth-order valence-electron chi connectivity index (χ4n) is 1.94. The monoisotopic (exact) mass is 310 g/mol. The summed E-state index contributed by atoms with van der Waals surface area (Å²) in [6.07, 6.45) is 1.52. The maximum atomic E-state index is 12.6. The summed E-state index contributed by atoms with van der Waals surface area (Å²) in [5.41, 5.74) is 2.68. The van der Waals surface area contributed by atoms with Crippen LogP contribution in [0.4, 0.5) is 19.0 Å². The minimum atomic E-state index is -4.35. The topological polar surface area (TPSA) is 56.2 Å². The number of nitrogens with two attached hydrogens (primary N) is 1. The summed E-state index contributed by atoms with van der Waals surface area (Å²) in [5.74, 6) is 0.368. The molecule has 0 atom stereocenters. The first-order valence-corrected chi connectivity index (χ1v) is 6.71. The van der Waals surface area contributed by atoms with E-state index in [1.165, 1.54) is 16.8 Å². The lowest BCUT2D eigenvalue weighted by molar-refractivity contribution is -0.0327. The first kappa shape index (κ1) is 13.7. The third kappa shape index (κ3) is 2.80. The number of halogens is 3. The maximum absolute atomic E-state index is 12.6. The van der Waals surface area contributed by atoms with Crippen molar-refractivity contribution in [2.75, 3.05) is 5.73 Å². The zero-order valence-corrected chi connectivity index (χ0v) is 11.3. The van der Waals surface area contributed by atoms with Gasteiger partial charge < -0.3 is 5.73 Å². The number of hydrogen-bond donors (Lipinski definition) is 1. The molecule has 21 heavy (non-hydrogen) atoms. The molecule has 3 rings (SSSR count). The van der Waals surface area contributed by atoms with Gasteiger partial charge in [0.1, 0.15) is 5.82 Å². The highest BCUT2D eigenvalue weighted by Crippen LogP contribution is 2.41. The van der Waals surface area contributed by atoms with Gasteiger partial charge in [-0.15, -0.1) is 0 Å². The molecule has 0 saturated carbocycles. The molecular formula is C13H9F3N4S. The number of hydrogen-bond acceptors (Lipinski definition) is 4. The van der Waals surface area contributed by atoms with Crippen molar-refractivity contribution >= 4 is 23.2 Å². The van der Waals surface area contributed by atoms with Gasteiger partial charge in [-0.2, -0.15) is 22.8 Å². The van der Waals surface area contributed by atoms with E-state index in [-0.39, 0.29) is 16.7 Å². The van der Waals surface area contributed by atoms with Gasteiger partial charge in [0, 0.05) is 22.7 Å². The van der Waals surface area contributed by atoms with E-state index in [9.17, 15) is 13.2 Å². The van der Waals surface area contributed by atoms with Crippen molar-refractivity contribution in [1.82, 2.24) is 14.6 Å². The summed E-state index contributed by atoms with van der Waals surface area (Å²) in [6, 6.07) is 9.39. The van der Waals surface area contributed by atoms with Crippen LogP contribution in [0.3, 0.4) is 0 Å². The van der Waals surface area contributed by atoms with Crippen molar-refractivity contribution in [1.29, 1.82) is 0 Å². The predicted molar refractivity (Wildman–Crippen MR) is 74.7 cm³/mol. The molecule has 0 spiro atoms. The number of nitrogens with zero attached hydrogens (tertiary/aromatic N) is 3. The molecule has 0 aliphatic carbocycles. The Morgan fingerprint density at radius 2 is 1.90 bits per heavy atom. The van der Waals surface area contributed by atoms with Crippen LogP contribution in [0.15, 0.2) is 47.5 Å². The highest BCUT2D eigenvalue weighted by molar-refractivity contribution is 8.00. The molecule has 0 aliphatic heterocycles. The Balaban J connectivity index is 2.12. The van der Waals surface area contributed by atoms with Crippen LogP contribution < -0.4 is 5.73 Å². The van der Waals surface area contributed by atoms with Crippen LogP contribution in [-0.2, 0) is 0 Å². The molecule has 108 valence electrons. The highest BCUT2D eigenvalue weighted by atomic mass is 32.2. The zero-order valence-electron chi connectivity index (χ0n) is 10.5. The Morgan fingerprint density at radius 1 is 1.14 bits per heavy atom. The smallest absolute Gasteiger partial charge is 0.384 e. The second kappa shape index (κ2) is 4.96. The summed E-state index contributed by atoms with van der Waals surface area (Å²) in [5, 5.41) is 4.22. The minimum Gasteiger partial charge on any atom is -0.384 e. The van der Waals surface area contributed by atoms with Gasteiger partial charge in [0.05, 0.1) is 5.69 Å². The van der Waals surface area contributed by atoms with E-state index in [1.807, 2.05) is 0 Å². The summed E-state index contributed by atoms with van der Waals surface area (Å²) in [6.45, 7) is 0. The summed E-state index contributed by atoms with van der Waals surface area (Å²) >= 11 is -0.165. The standard InChI is InChI=1S/C13H9F3N4S/c14-13(15,16)21-10-4-2-1-3-8(10)9-7-12-18-6-5-11(17)20(12)19-9/h1-7H,17H2. The van der Waals surface area contributed by atoms with Crippen molar-refractivity contribution in [3.8, 4) is 11.3 Å². The van der Waals surface area contributed by atoms with Gasteiger partial charge in [-0.05, 0) is 23.9 Å². The van der Waals surface area contributed by atoms with Crippen molar-refractivity contribution in [2.24, 2.45) is 0 Å². The lowest BCUT2D eigenvalue weighted by Crippen LogP contribution is -2.00. The second-order valence-corrected chi connectivity index (χ2v) is 5.32. The molecule has 8 heteroatoms. The average molecular weight is 310 g/mol. The molecular weight excluding hydrogens is 301 g/mol. The zero-order chi connectivity index (χ0) is 15.0. The van der Waals surface area contributed by atoms with E-state index in [0.29, 0.717) is 22.7 Å². The van der Waals surface area contributed by atoms with Gasteiger partial charge in [0.15, 0.2) is 5.65 Å². The Bertz CT molecular complexity index is 797. The van der Waals surface area contributed by atoms with E-state index in [4.69, 9.17) is 5.73 Å². The SMILES string of the molecule is Nc1ccnc2cc(-c3ccccc3SC(F)(F)F)nn12. The van der Waals surface area contributed by atoms with Gasteiger partial charge in [-0.1, -0.05) is 18.2 Å². The normalized spacial score (nSPS) is 12.0. The molecule has 0 aliphatic rings. The quantitative estimate of drug-likeness (QED) is 0.735. The Morgan fingerprint density at radius 3 is 2.62 bits per heavy atom. The van der Waals surface area contributed by atoms with E-state index in [0.717, 1.165) is 0 Å². The second-order valence-electron chi connectivity index (χ2n) is 4.21. The Labute approximate surface area is 121 Å². The van der Waals surface area contributed by atoms with Crippen molar-refractivity contribution in [3.63, 3.8) is 0 Å². The molecule has 3 aromatic rings. The Hall–Kier alpha value is -2.22. The van der Waals surface area contributed by atoms with Crippen LogP contribution in [0.5, 0.6) is 0 Å². The van der Waals surface area contributed by atoms with E-state index >= 15 is 0 Å². The van der Waals surface area contributed by atoms with E-state index in [2.05, 4.69) is 10.1 Å². The van der Waals surface area contributed by atoms with Crippen LogP contribution in [0.1, 0.15) is 0 Å². The molecule has 2 aromatic heterocycles. The number of nitrogen functional groups attached to an aromatic ring is 1. The van der Waals surface area contributed by atoms with Crippen molar-refractivity contribution < 1.29 is 13.2 Å². The predicted octanol–water partition coefficient (Wildman–Crippen LogP) is 3.59. The van der Waals surface area contributed by atoms with Gasteiger partial charge in [0.2, 0.25) is 0 Å². The van der Waals surface area contributed by atoms with Gasteiger partial charge in [-0.25, -0.2) is 4.98 Å². The summed E-state index contributed by atoms with van der Waals surface area (Å²) in [4.78, 5) is 4.17. The third-order valence-electron chi connectivity index (χ3n) is 2.78. The molecule has 0 unspecified atom stereocenters. The molecule has 0 radical (unpaired) electrons. The van der Waals surface area contributed by atoms with Crippen LogP contribution in [0.25, 0.3) is 16.9 Å². The van der Waals surface area contributed by atoms with Gasteiger partial charge in [-0.3, -0.25) is 0 Å². The summed E-state index contributed by atoms with van der Waals surface area (Å²) in [7, 11) is 0. The number of rotatable bonds is 2.